The highest BCUT2D eigenvalue weighted by atomic mass is 15.2. The largest absolute Gasteiger partial charge is 0.314 e. The third-order valence-electron chi connectivity index (χ3n) is 4.56. The summed E-state index contributed by atoms with van der Waals surface area (Å²) in [4.78, 5) is 2.65. The van der Waals surface area contributed by atoms with Gasteiger partial charge >= 0.3 is 0 Å². The van der Waals surface area contributed by atoms with E-state index in [4.69, 9.17) is 0 Å². The van der Waals surface area contributed by atoms with E-state index in [9.17, 15) is 0 Å². The first-order valence-electron chi connectivity index (χ1n) is 8.47. The molecule has 1 saturated heterocycles. The molecule has 1 heterocycles. The van der Waals surface area contributed by atoms with E-state index in [0.717, 1.165) is 26.2 Å². The Kier molecular flexibility index (Phi) is 5.63. The summed E-state index contributed by atoms with van der Waals surface area (Å²) in [6.45, 7) is 4.54. The molecular formula is C20H26N2. The van der Waals surface area contributed by atoms with Gasteiger partial charge in [0, 0.05) is 32.2 Å². The molecule has 1 unspecified atom stereocenters. The minimum absolute atomic E-state index is 0.562. The highest BCUT2D eigenvalue weighted by Crippen LogP contribution is 2.26. The van der Waals surface area contributed by atoms with Crippen LogP contribution in [0.5, 0.6) is 0 Å². The first-order chi connectivity index (χ1) is 10.9. The maximum absolute atomic E-state index is 3.46. The van der Waals surface area contributed by atoms with Crippen molar-refractivity contribution in [3.05, 3.63) is 71.8 Å². The number of piperazine rings is 1. The number of aryl methyl sites for hydroxylation is 1. The van der Waals surface area contributed by atoms with Crippen LogP contribution in [0.15, 0.2) is 60.7 Å². The van der Waals surface area contributed by atoms with Gasteiger partial charge in [0.1, 0.15) is 0 Å². The van der Waals surface area contributed by atoms with E-state index in [0.29, 0.717) is 6.04 Å². The van der Waals surface area contributed by atoms with E-state index in [-0.39, 0.29) is 0 Å². The predicted octanol–water partition coefficient (Wildman–Crippen LogP) is 3.66. The molecule has 0 radical (unpaired) electrons. The molecule has 1 fully saturated rings. The van der Waals surface area contributed by atoms with Gasteiger partial charge in [-0.3, -0.25) is 4.90 Å². The van der Waals surface area contributed by atoms with E-state index in [1.54, 1.807) is 0 Å². The fourth-order valence-electron chi connectivity index (χ4n) is 3.37. The van der Waals surface area contributed by atoms with Gasteiger partial charge in [0.25, 0.3) is 0 Å². The van der Waals surface area contributed by atoms with Gasteiger partial charge in [-0.25, -0.2) is 0 Å². The zero-order valence-corrected chi connectivity index (χ0v) is 13.2. The summed E-state index contributed by atoms with van der Waals surface area (Å²) in [6, 6.07) is 22.4. The minimum Gasteiger partial charge on any atom is -0.314 e. The molecule has 2 aromatic rings. The second-order valence-electron chi connectivity index (χ2n) is 6.09. The third kappa shape index (κ3) is 4.19. The second kappa shape index (κ2) is 8.11. The lowest BCUT2D eigenvalue weighted by atomic mass is 9.97. The van der Waals surface area contributed by atoms with E-state index in [1.165, 1.54) is 30.4 Å². The summed E-state index contributed by atoms with van der Waals surface area (Å²) >= 11 is 0. The van der Waals surface area contributed by atoms with E-state index in [2.05, 4.69) is 70.9 Å². The number of nitrogens with one attached hydrogen (secondary N) is 1. The van der Waals surface area contributed by atoms with Gasteiger partial charge < -0.3 is 5.32 Å². The van der Waals surface area contributed by atoms with Gasteiger partial charge in [0.2, 0.25) is 0 Å². The molecule has 2 aromatic carbocycles. The van der Waals surface area contributed by atoms with Crippen LogP contribution in [0.4, 0.5) is 0 Å². The highest BCUT2D eigenvalue weighted by Gasteiger charge is 2.21. The lowest BCUT2D eigenvalue weighted by molar-refractivity contribution is 0.163. The summed E-state index contributed by atoms with van der Waals surface area (Å²) in [6.07, 6.45) is 3.66. The average Bonchev–Trinajstić information content (AvgIpc) is 2.61. The van der Waals surface area contributed by atoms with Crippen LogP contribution in [0, 0.1) is 0 Å². The van der Waals surface area contributed by atoms with Gasteiger partial charge in [0.15, 0.2) is 0 Å². The smallest absolute Gasteiger partial charge is 0.0349 e. The minimum atomic E-state index is 0.562. The second-order valence-corrected chi connectivity index (χ2v) is 6.09. The molecule has 0 spiro atoms. The molecule has 2 nitrogen and oxygen atoms in total. The van der Waals surface area contributed by atoms with Crippen LogP contribution in [0.2, 0.25) is 0 Å². The fraction of sp³-hybridized carbons (Fsp3) is 0.400. The Labute approximate surface area is 134 Å². The van der Waals surface area contributed by atoms with Gasteiger partial charge in [-0.05, 0) is 30.4 Å². The van der Waals surface area contributed by atoms with Crippen LogP contribution in [-0.4, -0.2) is 31.1 Å². The molecule has 1 N–H and O–H groups in total. The van der Waals surface area contributed by atoms with Crippen molar-refractivity contribution in [3.8, 4) is 0 Å². The van der Waals surface area contributed by atoms with Gasteiger partial charge in [-0.15, -0.1) is 0 Å². The number of rotatable bonds is 6. The molecule has 1 aliphatic rings. The molecule has 1 aliphatic heterocycles. The Hall–Kier alpha value is -1.64. The Morgan fingerprint density at radius 2 is 1.50 bits per heavy atom. The molecule has 3 rings (SSSR count). The number of hydrogen-bond acceptors (Lipinski definition) is 2. The summed E-state index contributed by atoms with van der Waals surface area (Å²) in [7, 11) is 0. The van der Waals surface area contributed by atoms with E-state index in [1.807, 2.05) is 0 Å². The summed E-state index contributed by atoms with van der Waals surface area (Å²) < 4.78 is 0. The van der Waals surface area contributed by atoms with Crippen LogP contribution in [0.1, 0.15) is 30.0 Å². The van der Waals surface area contributed by atoms with Crippen molar-refractivity contribution in [2.75, 3.05) is 26.2 Å². The molecule has 0 amide bonds. The first kappa shape index (κ1) is 15.3. The van der Waals surface area contributed by atoms with Crippen molar-refractivity contribution in [2.24, 2.45) is 0 Å². The van der Waals surface area contributed by atoms with Gasteiger partial charge in [-0.2, -0.15) is 0 Å². The maximum atomic E-state index is 3.46. The molecule has 116 valence electrons. The zero-order chi connectivity index (χ0) is 15.0. The highest BCUT2D eigenvalue weighted by molar-refractivity contribution is 5.20. The summed E-state index contributed by atoms with van der Waals surface area (Å²) in [5, 5.41) is 3.46. The Balaban J connectivity index is 1.63. The van der Waals surface area contributed by atoms with Crippen molar-refractivity contribution in [2.45, 2.75) is 25.3 Å². The molecule has 0 bridgehead atoms. The van der Waals surface area contributed by atoms with Crippen LogP contribution in [0.25, 0.3) is 0 Å². The van der Waals surface area contributed by atoms with Gasteiger partial charge in [0.05, 0.1) is 0 Å². The molecular weight excluding hydrogens is 268 g/mol. The number of hydrogen-bond donors (Lipinski definition) is 1. The predicted molar refractivity (Wildman–Crippen MR) is 93.0 cm³/mol. The van der Waals surface area contributed by atoms with Gasteiger partial charge in [-0.1, -0.05) is 60.7 Å². The quantitative estimate of drug-likeness (QED) is 0.875. The molecule has 1 atom stereocenters. The lowest BCUT2D eigenvalue weighted by Gasteiger charge is -2.35. The molecule has 2 heteroatoms. The van der Waals surface area contributed by atoms with Crippen molar-refractivity contribution >= 4 is 0 Å². The van der Waals surface area contributed by atoms with Crippen LogP contribution in [-0.2, 0) is 6.42 Å². The molecule has 0 saturated carbocycles. The molecule has 0 aliphatic carbocycles. The Morgan fingerprint density at radius 3 is 2.18 bits per heavy atom. The number of nitrogens with zero attached hydrogens (tertiary/aromatic N) is 1. The molecule has 0 aromatic heterocycles. The van der Waals surface area contributed by atoms with Crippen molar-refractivity contribution in [1.29, 1.82) is 0 Å². The number of benzene rings is 2. The fourth-order valence-corrected chi connectivity index (χ4v) is 3.37. The standard InChI is InChI=1S/C20H26N2/c1-3-8-18(9-4-1)10-7-13-20(19-11-5-2-6-12-19)22-16-14-21-15-17-22/h1-6,8-9,11-12,20-21H,7,10,13-17H2. The zero-order valence-electron chi connectivity index (χ0n) is 13.2. The van der Waals surface area contributed by atoms with Crippen molar-refractivity contribution < 1.29 is 0 Å². The average molecular weight is 294 g/mol. The monoisotopic (exact) mass is 294 g/mol. The molecule has 22 heavy (non-hydrogen) atoms. The van der Waals surface area contributed by atoms with Crippen LogP contribution < -0.4 is 5.32 Å². The maximum Gasteiger partial charge on any atom is 0.0349 e. The summed E-state index contributed by atoms with van der Waals surface area (Å²) in [5.74, 6) is 0. The Morgan fingerprint density at radius 1 is 0.864 bits per heavy atom. The SMILES string of the molecule is c1ccc(CCCC(c2ccccc2)N2CCNCC2)cc1. The van der Waals surface area contributed by atoms with Crippen molar-refractivity contribution in [1.82, 2.24) is 10.2 Å². The van der Waals surface area contributed by atoms with E-state index < -0.39 is 0 Å². The van der Waals surface area contributed by atoms with Crippen LogP contribution in [0.3, 0.4) is 0 Å². The topological polar surface area (TPSA) is 15.3 Å². The lowest BCUT2D eigenvalue weighted by Crippen LogP contribution is -2.45. The van der Waals surface area contributed by atoms with Crippen LogP contribution >= 0.6 is 0 Å². The summed E-state index contributed by atoms with van der Waals surface area (Å²) in [5.41, 5.74) is 2.92. The first-order valence-corrected chi connectivity index (χ1v) is 8.47. The third-order valence-corrected chi connectivity index (χ3v) is 4.56. The van der Waals surface area contributed by atoms with Crippen molar-refractivity contribution in [3.63, 3.8) is 0 Å². The Bertz CT molecular complexity index is 532. The normalized spacial score (nSPS) is 17.3. The van der Waals surface area contributed by atoms with E-state index >= 15 is 0 Å².